The molecule has 1 aliphatic heterocycles. The Morgan fingerprint density at radius 2 is 1.96 bits per heavy atom. The predicted octanol–water partition coefficient (Wildman–Crippen LogP) is 2.38. The SMILES string of the molecule is C[C@H](NCc1ccc(OCc2cc(F)cc(F)c2F)c2c1OCO2)C(N)=O. The molecule has 0 aromatic heterocycles. The smallest absolute Gasteiger partial charge is 0.234 e. The third-order valence-electron chi connectivity index (χ3n) is 4.04. The van der Waals surface area contributed by atoms with Crippen molar-refractivity contribution in [3.8, 4) is 17.2 Å². The van der Waals surface area contributed by atoms with Gasteiger partial charge in [-0.25, -0.2) is 13.2 Å². The number of hydrogen-bond donors (Lipinski definition) is 2. The van der Waals surface area contributed by atoms with E-state index in [1.807, 2.05) is 0 Å². The number of rotatable bonds is 7. The summed E-state index contributed by atoms with van der Waals surface area (Å²) in [5.74, 6) is -2.93. The van der Waals surface area contributed by atoms with E-state index in [2.05, 4.69) is 5.32 Å². The summed E-state index contributed by atoms with van der Waals surface area (Å²) in [7, 11) is 0. The summed E-state index contributed by atoms with van der Waals surface area (Å²) in [6.07, 6.45) is 0. The Morgan fingerprint density at radius 1 is 1.22 bits per heavy atom. The van der Waals surface area contributed by atoms with E-state index in [-0.39, 0.29) is 18.1 Å². The molecule has 1 aliphatic rings. The first-order chi connectivity index (χ1) is 12.9. The molecule has 3 N–H and O–H groups in total. The minimum absolute atomic E-state index is 0.0446. The van der Waals surface area contributed by atoms with E-state index >= 15 is 0 Å². The molecule has 0 saturated heterocycles. The van der Waals surface area contributed by atoms with Crippen LogP contribution in [0.4, 0.5) is 13.2 Å². The van der Waals surface area contributed by atoms with Crippen LogP contribution in [0.5, 0.6) is 17.2 Å². The Labute approximate surface area is 153 Å². The lowest BCUT2D eigenvalue weighted by Gasteiger charge is -2.14. The number of halogens is 3. The lowest BCUT2D eigenvalue weighted by Crippen LogP contribution is -2.38. The fourth-order valence-electron chi connectivity index (χ4n) is 2.51. The highest BCUT2D eigenvalue weighted by molar-refractivity contribution is 5.79. The zero-order valence-corrected chi connectivity index (χ0v) is 14.4. The van der Waals surface area contributed by atoms with Gasteiger partial charge in [-0.15, -0.1) is 0 Å². The Kier molecular flexibility index (Phi) is 5.41. The van der Waals surface area contributed by atoms with Gasteiger partial charge in [0.15, 0.2) is 23.1 Å². The molecule has 0 spiro atoms. The molecule has 0 bridgehead atoms. The van der Waals surface area contributed by atoms with E-state index in [1.54, 1.807) is 19.1 Å². The maximum atomic E-state index is 13.7. The van der Waals surface area contributed by atoms with Crippen molar-refractivity contribution in [1.29, 1.82) is 0 Å². The van der Waals surface area contributed by atoms with Crippen LogP contribution in [0.15, 0.2) is 24.3 Å². The number of carbonyl (C=O) groups excluding carboxylic acids is 1. The largest absolute Gasteiger partial charge is 0.485 e. The van der Waals surface area contributed by atoms with Crippen LogP contribution in [0, 0.1) is 17.5 Å². The van der Waals surface area contributed by atoms with Crippen LogP contribution in [0.3, 0.4) is 0 Å². The van der Waals surface area contributed by atoms with Crippen LogP contribution in [0.25, 0.3) is 0 Å². The van der Waals surface area contributed by atoms with E-state index in [4.69, 9.17) is 19.9 Å². The van der Waals surface area contributed by atoms with Gasteiger partial charge >= 0.3 is 0 Å². The molecule has 0 saturated carbocycles. The average molecular weight is 382 g/mol. The van der Waals surface area contributed by atoms with E-state index in [0.717, 1.165) is 6.07 Å². The van der Waals surface area contributed by atoms with E-state index < -0.39 is 36.0 Å². The van der Waals surface area contributed by atoms with E-state index in [9.17, 15) is 18.0 Å². The van der Waals surface area contributed by atoms with Gasteiger partial charge in [0.2, 0.25) is 18.4 Å². The molecule has 1 amide bonds. The molecule has 1 atom stereocenters. The second kappa shape index (κ2) is 7.75. The molecule has 0 aliphatic carbocycles. The molecule has 3 rings (SSSR count). The van der Waals surface area contributed by atoms with Crippen LogP contribution in [0.1, 0.15) is 18.1 Å². The second-order valence-corrected chi connectivity index (χ2v) is 5.94. The molecular formula is C18H17F3N2O4. The summed E-state index contributed by atoms with van der Waals surface area (Å²) in [6.45, 7) is 1.48. The molecule has 0 unspecified atom stereocenters. The lowest BCUT2D eigenvalue weighted by atomic mass is 10.1. The fourth-order valence-corrected chi connectivity index (χ4v) is 2.51. The maximum Gasteiger partial charge on any atom is 0.234 e. The van der Waals surface area contributed by atoms with Gasteiger partial charge in [-0.3, -0.25) is 4.79 Å². The van der Waals surface area contributed by atoms with Crippen LogP contribution in [-0.4, -0.2) is 18.7 Å². The molecule has 144 valence electrons. The molecule has 6 nitrogen and oxygen atoms in total. The molecule has 0 radical (unpaired) electrons. The first-order valence-electron chi connectivity index (χ1n) is 8.07. The Bertz CT molecular complexity index is 876. The number of primary amides is 1. The summed E-state index contributed by atoms with van der Waals surface area (Å²) in [4.78, 5) is 11.1. The average Bonchev–Trinajstić information content (AvgIpc) is 3.12. The van der Waals surface area contributed by atoms with Crippen molar-refractivity contribution < 1.29 is 32.2 Å². The maximum absolute atomic E-state index is 13.7. The highest BCUT2D eigenvalue weighted by Gasteiger charge is 2.24. The van der Waals surface area contributed by atoms with Gasteiger partial charge in [-0.1, -0.05) is 6.07 Å². The van der Waals surface area contributed by atoms with Crippen molar-refractivity contribution in [3.63, 3.8) is 0 Å². The molecule has 0 fully saturated rings. The molecule has 2 aromatic rings. The number of nitrogens with two attached hydrogens (primary N) is 1. The fraction of sp³-hybridized carbons (Fsp3) is 0.278. The Morgan fingerprint density at radius 3 is 2.70 bits per heavy atom. The van der Waals surface area contributed by atoms with Crippen LogP contribution < -0.4 is 25.3 Å². The topological polar surface area (TPSA) is 82.8 Å². The zero-order chi connectivity index (χ0) is 19.6. The van der Waals surface area contributed by atoms with Crippen molar-refractivity contribution in [2.24, 2.45) is 5.73 Å². The van der Waals surface area contributed by atoms with Gasteiger partial charge in [-0.2, -0.15) is 0 Å². The number of carbonyl (C=O) groups is 1. The third kappa shape index (κ3) is 4.08. The molecule has 2 aromatic carbocycles. The summed E-state index contributed by atoms with van der Waals surface area (Å²) in [5.41, 5.74) is 5.64. The first kappa shape index (κ1) is 18.8. The van der Waals surface area contributed by atoms with E-state index in [1.165, 1.54) is 0 Å². The molecular weight excluding hydrogens is 365 g/mol. The zero-order valence-electron chi connectivity index (χ0n) is 14.4. The van der Waals surface area contributed by atoms with Gasteiger partial charge in [0.1, 0.15) is 12.4 Å². The van der Waals surface area contributed by atoms with Gasteiger partial charge < -0.3 is 25.3 Å². The minimum atomic E-state index is -1.29. The predicted molar refractivity (Wildman–Crippen MR) is 88.7 cm³/mol. The van der Waals surface area contributed by atoms with Crippen LogP contribution >= 0.6 is 0 Å². The van der Waals surface area contributed by atoms with Crippen molar-refractivity contribution >= 4 is 5.91 Å². The first-order valence-corrected chi connectivity index (χ1v) is 8.07. The van der Waals surface area contributed by atoms with Crippen LogP contribution in [0.2, 0.25) is 0 Å². The van der Waals surface area contributed by atoms with E-state index in [0.29, 0.717) is 29.7 Å². The normalized spacial score (nSPS) is 13.5. The van der Waals surface area contributed by atoms with Gasteiger partial charge in [0, 0.05) is 23.7 Å². The van der Waals surface area contributed by atoms with Crippen molar-refractivity contribution in [2.45, 2.75) is 26.1 Å². The highest BCUT2D eigenvalue weighted by Crippen LogP contribution is 2.43. The number of hydrogen-bond acceptors (Lipinski definition) is 5. The second-order valence-electron chi connectivity index (χ2n) is 5.94. The number of amides is 1. The third-order valence-corrected chi connectivity index (χ3v) is 4.04. The molecule has 9 heteroatoms. The quantitative estimate of drug-likeness (QED) is 0.719. The Hall–Kier alpha value is -2.94. The number of benzene rings is 2. The van der Waals surface area contributed by atoms with Crippen molar-refractivity contribution in [3.05, 3.63) is 52.8 Å². The summed E-state index contributed by atoms with van der Waals surface area (Å²) < 4.78 is 56.6. The molecule has 27 heavy (non-hydrogen) atoms. The summed E-state index contributed by atoms with van der Waals surface area (Å²) >= 11 is 0. The number of ether oxygens (including phenoxy) is 3. The lowest BCUT2D eigenvalue weighted by molar-refractivity contribution is -0.119. The van der Waals surface area contributed by atoms with Crippen LogP contribution in [-0.2, 0) is 17.9 Å². The standard InChI is InChI=1S/C18H17F3N2O4/c1-9(18(22)24)23-6-10-2-3-14(17-16(10)26-8-27-17)25-7-11-4-12(19)5-13(20)15(11)21/h2-5,9,23H,6-8H2,1H3,(H2,22,24)/t9-/m0/s1. The van der Waals surface area contributed by atoms with Gasteiger partial charge in [0.05, 0.1) is 6.04 Å². The minimum Gasteiger partial charge on any atom is -0.485 e. The van der Waals surface area contributed by atoms with Gasteiger partial charge in [-0.05, 0) is 19.1 Å². The molecule has 1 heterocycles. The monoisotopic (exact) mass is 382 g/mol. The van der Waals surface area contributed by atoms with Crippen molar-refractivity contribution in [2.75, 3.05) is 6.79 Å². The number of fused-ring (bicyclic) bond motifs is 1. The summed E-state index contributed by atoms with van der Waals surface area (Å²) in [5, 5.41) is 2.94. The van der Waals surface area contributed by atoms with Gasteiger partial charge in [0.25, 0.3) is 0 Å². The Balaban J connectivity index is 1.76. The number of nitrogens with one attached hydrogen (secondary N) is 1. The highest BCUT2D eigenvalue weighted by atomic mass is 19.2. The summed E-state index contributed by atoms with van der Waals surface area (Å²) in [6, 6.07) is 4.02. The van der Waals surface area contributed by atoms with Crippen molar-refractivity contribution in [1.82, 2.24) is 5.32 Å².